The van der Waals surface area contributed by atoms with Gasteiger partial charge in [0, 0.05) is 5.92 Å². The highest BCUT2D eigenvalue weighted by Crippen LogP contribution is 2.50. The molecular weight excluding hydrogens is 468 g/mol. The summed E-state index contributed by atoms with van der Waals surface area (Å²) in [5.74, 6) is 0.346. The third-order valence-corrected chi connectivity index (χ3v) is 8.30. The molecule has 0 spiro atoms. The second-order valence-corrected chi connectivity index (χ2v) is 18.4. The fraction of sp³-hybridized carbons (Fsp3) is 0.692. The van der Waals surface area contributed by atoms with Gasteiger partial charge in [-0.15, -0.1) is 0 Å². The molecule has 0 fully saturated rings. The van der Waals surface area contributed by atoms with Gasteiger partial charge in [0.25, 0.3) is 0 Å². The second kappa shape index (κ2) is 10.4. The summed E-state index contributed by atoms with van der Waals surface area (Å²) in [6, 6.07) is 10.1. The lowest BCUT2D eigenvalue weighted by atomic mass is 9.62. The van der Waals surface area contributed by atoms with Crippen LogP contribution in [0.1, 0.15) is 188 Å². The average molecular weight is 533 g/mol. The topological polar surface area (TPSA) is 0 Å². The van der Waals surface area contributed by atoms with Crippen LogP contribution in [0.2, 0.25) is 0 Å². The molecule has 0 heteroatoms. The molecule has 2 aromatic rings. The van der Waals surface area contributed by atoms with E-state index in [1.165, 1.54) is 27.8 Å². The van der Waals surface area contributed by atoms with Crippen molar-refractivity contribution in [2.24, 2.45) is 0 Å². The molecule has 0 heterocycles. The largest absolute Gasteiger partial charge is 0.0645 e. The van der Waals surface area contributed by atoms with E-state index in [-0.39, 0.29) is 32.5 Å². The first kappa shape index (κ1) is 33.6. The monoisotopic (exact) mass is 533 g/mol. The standard InChI is InChI=1S/C39H64/c1-20-26(25-21-22-27(34(2,3)4)28(23-25)35(5,6)7)31-29(36(8,9)10)24-30(37(11,12)13)32(38(14,15)16)33(31)39(17,18)19/h21-24,26H,20H2,1-19H3. The number of hydrogen-bond acceptors (Lipinski definition) is 0. The van der Waals surface area contributed by atoms with E-state index < -0.39 is 0 Å². The minimum absolute atomic E-state index is 0.0187. The van der Waals surface area contributed by atoms with Crippen molar-refractivity contribution in [1.29, 1.82) is 0 Å². The lowest BCUT2D eigenvalue weighted by molar-refractivity contribution is 0.479. The molecule has 0 saturated heterocycles. The molecule has 2 aromatic carbocycles. The quantitative estimate of drug-likeness (QED) is 0.369. The SMILES string of the molecule is CCC(c1ccc(C(C)(C)C)c(C(C)(C)C)c1)c1c(C(C)(C)C)cc(C(C)(C)C)c(C(C)(C)C)c1C(C)(C)C. The highest BCUT2D eigenvalue weighted by atomic mass is 14.4. The molecule has 0 bridgehead atoms. The summed E-state index contributed by atoms with van der Waals surface area (Å²) in [6.07, 6.45) is 1.09. The summed E-state index contributed by atoms with van der Waals surface area (Å²) in [5, 5.41) is 0. The Balaban J connectivity index is 3.24. The van der Waals surface area contributed by atoms with Crippen molar-refractivity contribution in [2.75, 3.05) is 0 Å². The van der Waals surface area contributed by atoms with Crippen LogP contribution in [0.3, 0.4) is 0 Å². The zero-order chi connectivity index (χ0) is 30.7. The molecule has 1 unspecified atom stereocenters. The molecule has 0 N–H and O–H groups in total. The van der Waals surface area contributed by atoms with Crippen molar-refractivity contribution in [1.82, 2.24) is 0 Å². The van der Waals surface area contributed by atoms with Crippen LogP contribution in [0.25, 0.3) is 0 Å². The van der Waals surface area contributed by atoms with Crippen molar-refractivity contribution in [3.63, 3.8) is 0 Å². The Hall–Kier alpha value is -1.56. The van der Waals surface area contributed by atoms with Crippen LogP contribution in [-0.4, -0.2) is 0 Å². The maximum Gasteiger partial charge on any atom is 0.00928 e. The zero-order valence-corrected chi connectivity index (χ0v) is 29.6. The van der Waals surface area contributed by atoms with Gasteiger partial charge in [-0.3, -0.25) is 0 Å². The Bertz CT molecular complexity index is 1160. The Morgan fingerprint density at radius 1 is 0.436 bits per heavy atom. The summed E-state index contributed by atoms with van der Waals surface area (Å²) in [4.78, 5) is 0. The number of benzene rings is 2. The van der Waals surface area contributed by atoms with Crippen LogP contribution >= 0.6 is 0 Å². The van der Waals surface area contributed by atoms with Crippen LogP contribution in [-0.2, 0) is 32.5 Å². The summed E-state index contributed by atoms with van der Waals surface area (Å²) in [5.41, 5.74) is 12.6. The molecule has 0 nitrogen and oxygen atoms in total. The van der Waals surface area contributed by atoms with Gasteiger partial charge in [0.2, 0.25) is 0 Å². The minimum atomic E-state index is 0.0187. The predicted molar refractivity (Wildman–Crippen MR) is 177 cm³/mol. The Morgan fingerprint density at radius 2 is 0.846 bits per heavy atom. The Labute approximate surface area is 244 Å². The van der Waals surface area contributed by atoms with Gasteiger partial charge in [0.1, 0.15) is 0 Å². The minimum Gasteiger partial charge on any atom is -0.0645 e. The van der Waals surface area contributed by atoms with Gasteiger partial charge in [-0.2, -0.15) is 0 Å². The van der Waals surface area contributed by atoms with E-state index in [9.17, 15) is 0 Å². The van der Waals surface area contributed by atoms with E-state index >= 15 is 0 Å². The van der Waals surface area contributed by atoms with Crippen LogP contribution in [0, 0.1) is 0 Å². The fourth-order valence-electron chi connectivity index (χ4n) is 6.49. The van der Waals surface area contributed by atoms with Gasteiger partial charge in [0.15, 0.2) is 0 Å². The van der Waals surface area contributed by atoms with Crippen molar-refractivity contribution < 1.29 is 0 Å². The Morgan fingerprint density at radius 3 is 1.18 bits per heavy atom. The lowest BCUT2D eigenvalue weighted by Crippen LogP contribution is -2.33. The molecule has 220 valence electrons. The highest BCUT2D eigenvalue weighted by Gasteiger charge is 2.39. The fourth-order valence-corrected chi connectivity index (χ4v) is 6.49. The van der Waals surface area contributed by atoms with Crippen LogP contribution < -0.4 is 0 Å². The van der Waals surface area contributed by atoms with Gasteiger partial charge < -0.3 is 0 Å². The molecule has 0 aliphatic carbocycles. The zero-order valence-electron chi connectivity index (χ0n) is 29.6. The summed E-state index contributed by atoms with van der Waals surface area (Å²) >= 11 is 0. The van der Waals surface area contributed by atoms with Gasteiger partial charge in [-0.1, -0.05) is 156 Å². The van der Waals surface area contributed by atoms with Crippen molar-refractivity contribution >= 4 is 0 Å². The smallest absolute Gasteiger partial charge is 0.00928 e. The van der Waals surface area contributed by atoms with E-state index in [4.69, 9.17) is 0 Å². The predicted octanol–water partition coefficient (Wildman–Crippen LogP) is 12.0. The first-order valence-electron chi connectivity index (χ1n) is 15.5. The summed E-state index contributed by atoms with van der Waals surface area (Å²) in [6.45, 7) is 45.6. The molecule has 0 saturated carbocycles. The average Bonchev–Trinajstić information content (AvgIpc) is 2.69. The molecule has 0 aliphatic rings. The molecule has 0 amide bonds. The normalized spacial score (nSPS) is 15.1. The van der Waals surface area contributed by atoms with E-state index in [1.807, 2.05) is 0 Å². The van der Waals surface area contributed by atoms with Crippen LogP contribution in [0.4, 0.5) is 0 Å². The van der Waals surface area contributed by atoms with Crippen molar-refractivity contribution in [3.8, 4) is 0 Å². The van der Waals surface area contributed by atoms with Gasteiger partial charge in [-0.05, 0) is 83.4 Å². The van der Waals surface area contributed by atoms with E-state index in [2.05, 4.69) is 156 Å². The van der Waals surface area contributed by atoms with Crippen LogP contribution in [0.5, 0.6) is 0 Å². The van der Waals surface area contributed by atoms with Gasteiger partial charge >= 0.3 is 0 Å². The lowest BCUT2D eigenvalue weighted by Gasteiger charge is -2.43. The third kappa shape index (κ3) is 7.21. The first-order chi connectivity index (χ1) is 17.1. The van der Waals surface area contributed by atoms with Crippen molar-refractivity contribution in [3.05, 3.63) is 68.8 Å². The van der Waals surface area contributed by atoms with Crippen molar-refractivity contribution in [2.45, 2.75) is 176 Å². The van der Waals surface area contributed by atoms with E-state index in [0.29, 0.717) is 5.92 Å². The highest BCUT2D eigenvalue weighted by molar-refractivity contribution is 5.59. The first-order valence-corrected chi connectivity index (χ1v) is 15.5. The number of hydrogen-bond donors (Lipinski definition) is 0. The van der Waals surface area contributed by atoms with Gasteiger partial charge in [-0.25, -0.2) is 0 Å². The van der Waals surface area contributed by atoms with Gasteiger partial charge in [0.05, 0.1) is 0 Å². The third-order valence-electron chi connectivity index (χ3n) is 8.30. The summed E-state index contributed by atoms with van der Waals surface area (Å²) in [7, 11) is 0. The molecule has 2 rings (SSSR count). The van der Waals surface area contributed by atoms with E-state index in [0.717, 1.165) is 6.42 Å². The van der Waals surface area contributed by atoms with E-state index in [1.54, 1.807) is 16.7 Å². The second-order valence-electron chi connectivity index (χ2n) is 18.4. The molecule has 0 aliphatic heterocycles. The van der Waals surface area contributed by atoms with Crippen LogP contribution in [0.15, 0.2) is 24.3 Å². The molecule has 1 atom stereocenters. The molecule has 39 heavy (non-hydrogen) atoms. The molecule has 0 aromatic heterocycles. The Kier molecular flexibility index (Phi) is 8.94. The number of rotatable bonds is 3. The maximum absolute atomic E-state index is 2.61. The molecule has 0 radical (unpaired) electrons. The molecular formula is C39H64. The summed E-state index contributed by atoms with van der Waals surface area (Å²) < 4.78 is 0. The maximum atomic E-state index is 2.61.